The number of anilines is 1. The van der Waals surface area contributed by atoms with Gasteiger partial charge in [0.15, 0.2) is 0 Å². The number of benzene rings is 1. The van der Waals surface area contributed by atoms with Gasteiger partial charge in [-0.25, -0.2) is 4.98 Å². The highest BCUT2D eigenvalue weighted by Gasteiger charge is 2.03. The molecule has 20 heavy (non-hydrogen) atoms. The number of nitrogens with zero attached hydrogens (tertiary/aromatic N) is 3. The van der Waals surface area contributed by atoms with Crippen molar-refractivity contribution in [3.8, 4) is 6.07 Å². The van der Waals surface area contributed by atoms with Crippen LogP contribution in [-0.4, -0.2) is 16.5 Å². The summed E-state index contributed by atoms with van der Waals surface area (Å²) in [6.07, 6.45) is 0.719. The van der Waals surface area contributed by atoms with E-state index in [1.165, 1.54) is 12.1 Å². The predicted molar refractivity (Wildman–Crippen MR) is 74.2 cm³/mol. The summed E-state index contributed by atoms with van der Waals surface area (Å²) < 4.78 is 0. The lowest BCUT2D eigenvalue weighted by Crippen LogP contribution is -2.06. The van der Waals surface area contributed by atoms with Crippen molar-refractivity contribution in [3.63, 3.8) is 0 Å². The minimum Gasteiger partial charge on any atom is -0.370 e. The van der Waals surface area contributed by atoms with Gasteiger partial charge in [-0.1, -0.05) is 18.2 Å². The van der Waals surface area contributed by atoms with Crippen molar-refractivity contribution in [2.45, 2.75) is 6.42 Å². The molecule has 0 fully saturated rings. The maximum absolute atomic E-state index is 10.5. The monoisotopic (exact) mass is 268 g/mol. The van der Waals surface area contributed by atoms with Gasteiger partial charge in [0, 0.05) is 18.7 Å². The van der Waals surface area contributed by atoms with Gasteiger partial charge in [-0.3, -0.25) is 10.1 Å². The van der Waals surface area contributed by atoms with E-state index < -0.39 is 4.92 Å². The van der Waals surface area contributed by atoms with Gasteiger partial charge in [-0.15, -0.1) is 0 Å². The Morgan fingerprint density at radius 1 is 1.25 bits per heavy atom. The lowest BCUT2D eigenvalue weighted by molar-refractivity contribution is -0.384. The fourth-order valence-electron chi connectivity index (χ4n) is 1.71. The van der Waals surface area contributed by atoms with Crippen LogP contribution in [0.4, 0.5) is 11.5 Å². The van der Waals surface area contributed by atoms with Crippen molar-refractivity contribution in [1.29, 1.82) is 5.26 Å². The molecule has 1 heterocycles. The smallest absolute Gasteiger partial charge is 0.269 e. The van der Waals surface area contributed by atoms with Crippen molar-refractivity contribution < 1.29 is 4.92 Å². The molecular weight excluding hydrogens is 256 g/mol. The van der Waals surface area contributed by atoms with Crippen LogP contribution in [0.1, 0.15) is 11.3 Å². The molecule has 6 nitrogen and oxygen atoms in total. The first-order chi connectivity index (χ1) is 9.69. The van der Waals surface area contributed by atoms with Crippen LogP contribution >= 0.6 is 0 Å². The third-order valence-corrected chi connectivity index (χ3v) is 2.73. The molecule has 0 radical (unpaired) electrons. The molecule has 0 aliphatic carbocycles. The average Bonchev–Trinajstić information content (AvgIpc) is 2.48. The van der Waals surface area contributed by atoms with Crippen LogP contribution < -0.4 is 5.32 Å². The van der Waals surface area contributed by atoms with Crippen LogP contribution in [0.15, 0.2) is 42.5 Å². The zero-order valence-corrected chi connectivity index (χ0v) is 10.6. The fraction of sp³-hybridized carbons (Fsp3) is 0.143. The highest BCUT2D eigenvalue weighted by atomic mass is 16.6. The molecule has 1 aromatic carbocycles. The second-order valence-electron chi connectivity index (χ2n) is 4.12. The standard InChI is InChI=1S/C14H12N4O2/c15-10-12-2-1-3-14(17-12)16-9-8-11-4-6-13(7-5-11)18(19)20/h1-7H,8-9H2,(H,16,17). The third kappa shape index (κ3) is 3.53. The Hall–Kier alpha value is -2.94. The number of nitro groups is 1. The Balaban J connectivity index is 1.89. The van der Waals surface area contributed by atoms with Crippen LogP contribution in [0.25, 0.3) is 0 Å². The molecule has 0 unspecified atom stereocenters. The number of hydrogen-bond acceptors (Lipinski definition) is 5. The average molecular weight is 268 g/mol. The largest absolute Gasteiger partial charge is 0.370 e. The molecule has 0 saturated heterocycles. The maximum Gasteiger partial charge on any atom is 0.269 e. The summed E-state index contributed by atoms with van der Waals surface area (Å²) in [6.45, 7) is 0.639. The molecule has 0 bridgehead atoms. The van der Waals surface area contributed by atoms with Gasteiger partial charge in [-0.05, 0) is 24.1 Å². The quantitative estimate of drug-likeness (QED) is 0.664. The molecular formula is C14H12N4O2. The van der Waals surface area contributed by atoms with E-state index in [2.05, 4.69) is 10.3 Å². The van der Waals surface area contributed by atoms with E-state index in [0.717, 1.165) is 12.0 Å². The number of hydrogen-bond donors (Lipinski definition) is 1. The first-order valence-corrected chi connectivity index (χ1v) is 6.03. The molecule has 6 heteroatoms. The van der Waals surface area contributed by atoms with Gasteiger partial charge in [0.05, 0.1) is 4.92 Å². The third-order valence-electron chi connectivity index (χ3n) is 2.73. The van der Waals surface area contributed by atoms with Gasteiger partial charge >= 0.3 is 0 Å². The van der Waals surface area contributed by atoms with E-state index in [1.54, 1.807) is 30.3 Å². The predicted octanol–water partition coefficient (Wildman–Crippen LogP) is 2.52. The van der Waals surface area contributed by atoms with Gasteiger partial charge in [-0.2, -0.15) is 5.26 Å². The second-order valence-corrected chi connectivity index (χ2v) is 4.12. The molecule has 0 amide bonds. The molecule has 0 spiro atoms. The molecule has 100 valence electrons. The summed E-state index contributed by atoms with van der Waals surface area (Å²) in [4.78, 5) is 14.2. The number of rotatable bonds is 5. The van der Waals surface area contributed by atoms with E-state index in [0.29, 0.717) is 18.1 Å². The number of nitro benzene ring substituents is 1. The Labute approximate surface area is 115 Å². The fourth-order valence-corrected chi connectivity index (χ4v) is 1.71. The zero-order chi connectivity index (χ0) is 14.4. The van der Waals surface area contributed by atoms with Crippen molar-refractivity contribution in [2.75, 3.05) is 11.9 Å². The minimum absolute atomic E-state index is 0.0881. The topological polar surface area (TPSA) is 91.8 Å². The molecule has 2 rings (SSSR count). The van der Waals surface area contributed by atoms with E-state index in [4.69, 9.17) is 5.26 Å². The highest BCUT2D eigenvalue weighted by molar-refractivity contribution is 5.39. The van der Waals surface area contributed by atoms with Gasteiger partial charge < -0.3 is 5.32 Å². The Kier molecular flexibility index (Phi) is 4.24. The number of nitrogens with one attached hydrogen (secondary N) is 1. The first kappa shape index (κ1) is 13.5. The summed E-state index contributed by atoms with van der Waals surface area (Å²) in [6, 6.07) is 13.6. The molecule has 1 N–H and O–H groups in total. The number of non-ortho nitro benzene ring substituents is 1. The minimum atomic E-state index is -0.417. The Bertz CT molecular complexity index is 647. The van der Waals surface area contributed by atoms with E-state index >= 15 is 0 Å². The van der Waals surface area contributed by atoms with E-state index in [-0.39, 0.29) is 5.69 Å². The molecule has 0 aliphatic rings. The normalized spacial score (nSPS) is 9.75. The van der Waals surface area contributed by atoms with Crippen LogP contribution in [0, 0.1) is 21.4 Å². The van der Waals surface area contributed by atoms with Crippen LogP contribution in [0.5, 0.6) is 0 Å². The van der Waals surface area contributed by atoms with Gasteiger partial charge in [0.1, 0.15) is 17.6 Å². The summed E-state index contributed by atoms with van der Waals surface area (Å²) in [7, 11) is 0. The number of nitriles is 1. The van der Waals surface area contributed by atoms with Gasteiger partial charge in [0.2, 0.25) is 0 Å². The number of pyridine rings is 1. The van der Waals surface area contributed by atoms with Crippen LogP contribution in [-0.2, 0) is 6.42 Å². The summed E-state index contributed by atoms with van der Waals surface area (Å²) in [5.74, 6) is 0.644. The van der Waals surface area contributed by atoms with Crippen molar-refractivity contribution >= 4 is 11.5 Å². The number of aromatic nitrogens is 1. The van der Waals surface area contributed by atoms with Crippen molar-refractivity contribution in [2.24, 2.45) is 0 Å². The molecule has 1 aromatic heterocycles. The molecule has 0 aliphatic heterocycles. The SMILES string of the molecule is N#Cc1cccc(NCCc2ccc([N+](=O)[O-])cc2)n1. The van der Waals surface area contributed by atoms with Crippen molar-refractivity contribution in [1.82, 2.24) is 4.98 Å². The van der Waals surface area contributed by atoms with E-state index in [1.807, 2.05) is 6.07 Å². The van der Waals surface area contributed by atoms with E-state index in [9.17, 15) is 10.1 Å². The summed E-state index contributed by atoms with van der Waals surface area (Å²) in [5, 5.41) is 22.4. The Morgan fingerprint density at radius 3 is 2.65 bits per heavy atom. The zero-order valence-electron chi connectivity index (χ0n) is 10.6. The first-order valence-electron chi connectivity index (χ1n) is 6.03. The lowest BCUT2D eigenvalue weighted by atomic mass is 10.1. The van der Waals surface area contributed by atoms with Crippen LogP contribution in [0.2, 0.25) is 0 Å². The highest BCUT2D eigenvalue weighted by Crippen LogP contribution is 2.12. The van der Waals surface area contributed by atoms with Gasteiger partial charge in [0.25, 0.3) is 5.69 Å². The molecule has 0 saturated carbocycles. The Morgan fingerprint density at radius 2 is 2.00 bits per heavy atom. The molecule has 0 atom stereocenters. The molecule has 2 aromatic rings. The van der Waals surface area contributed by atoms with Crippen molar-refractivity contribution in [3.05, 3.63) is 63.8 Å². The van der Waals surface area contributed by atoms with Crippen LogP contribution in [0.3, 0.4) is 0 Å². The summed E-state index contributed by atoms with van der Waals surface area (Å²) in [5.41, 5.74) is 1.45. The second kappa shape index (κ2) is 6.29. The summed E-state index contributed by atoms with van der Waals surface area (Å²) >= 11 is 0. The lowest BCUT2D eigenvalue weighted by Gasteiger charge is -2.05. The maximum atomic E-state index is 10.5.